The molecule has 1 saturated heterocycles. The third kappa shape index (κ3) is 4.72. The minimum absolute atomic E-state index is 0.0785. The summed E-state index contributed by atoms with van der Waals surface area (Å²) in [6.07, 6.45) is 1.08. The van der Waals surface area contributed by atoms with Crippen molar-refractivity contribution in [2.45, 2.75) is 31.5 Å². The van der Waals surface area contributed by atoms with Crippen LogP contribution in [0.2, 0.25) is 0 Å². The van der Waals surface area contributed by atoms with E-state index in [1.165, 1.54) is 0 Å². The number of hydrogen-bond acceptors (Lipinski definition) is 5. The highest BCUT2D eigenvalue weighted by Gasteiger charge is 2.30. The zero-order chi connectivity index (χ0) is 20.1. The fourth-order valence-electron chi connectivity index (χ4n) is 3.72. The molecule has 4 rings (SSSR count). The maximum atomic E-state index is 13.1. The highest BCUT2D eigenvalue weighted by Crippen LogP contribution is 2.25. The number of nitrogens with zero attached hydrogens (tertiary/aromatic N) is 2. The number of benzene rings is 2. The van der Waals surface area contributed by atoms with E-state index in [9.17, 15) is 9.90 Å². The van der Waals surface area contributed by atoms with Gasteiger partial charge in [0, 0.05) is 24.7 Å². The highest BCUT2D eigenvalue weighted by molar-refractivity contribution is 5.83. The molecular weight excluding hydrogens is 366 g/mol. The van der Waals surface area contributed by atoms with E-state index in [2.05, 4.69) is 15.4 Å². The van der Waals surface area contributed by atoms with Crippen molar-refractivity contribution < 1.29 is 14.4 Å². The molecule has 2 N–H and O–H groups in total. The first-order valence-corrected chi connectivity index (χ1v) is 9.96. The number of aliphatic hydroxyl groups excluding tert-OH is 1. The summed E-state index contributed by atoms with van der Waals surface area (Å²) >= 11 is 0. The Bertz CT molecular complexity index is 919. The maximum Gasteiger partial charge on any atom is 0.242 e. The van der Waals surface area contributed by atoms with Gasteiger partial charge in [0.15, 0.2) is 5.76 Å². The summed E-state index contributed by atoms with van der Waals surface area (Å²) in [6, 6.07) is 21.0. The van der Waals surface area contributed by atoms with Crippen molar-refractivity contribution in [3.8, 4) is 11.3 Å². The van der Waals surface area contributed by atoms with Gasteiger partial charge in [0.1, 0.15) is 11.7 Å². The van der Waals surface area contributed by atoms with Crippen LogP contribution in [0.3, 0.4) is 0 Å². The smallest absolute Gasteiger partial charge is 0.242 e. The van der Waals surface area contributed by atoms with Crippen molar-refractivity contribution >= 4 is 5.91 Å². The molecular formula is C23H25N3O3. The van der Waals surface area contributed by atoms with Gasteiger partial charge in [-0.1, -0.05) is 65.8 Å². The van der Waals surface area contributed by atoms with Gasteiger partial charge in [-0.05, 0) is 18.4 Å². The van der Waals surface area contributed by atoms with E-state index in [1.807, 2.05) is 66.7 Å². The van der Waals surface area contributed by atoms with Crippen LogP contribution in [0, 0.1) is 0 Å². The predicted octanol–water partition coefficient (Wildman–Crippen LogP) is 3.16. The van der Waals surface area contributed by atoms with Crippen LogP contribution in [-0.4, -0.2) is 40.3 Å². The number of aromatic nitrogens is 1. The van der Waals surface area contributed by atoms with Gasteiger partial charge < -0.3 is 14.9 Å². The number of piperidine rings is 1. The van der Waals surface area contributed by atoms with E-state index in [0.29, 0.717) is 31.7 Å². The molecule has 1 amide bonds. The molecule has 1 aromatic heterocycles. The van der Waals surface area contributed by atoms with Gasteiger partial charge in [0.25, 0.3) is 0 Å². The van der Waals surface area contributed by atoms with Crippen molar-refractivity contribution in [1.82, 2.24) is 15.4 Å². The van der Waals surface area contributed by atoms with Gasteiger partial charge in [-0.15, -0.1) is 0 Å². The van der Waals surface area contributed by atoms with E-state index in [0.717, 1.165) is 16.8 Å². The van der Waals surface area contributed by atoms with Gasteiger partial charge in [-0.2, -0.15) is 0 Å². The molecule has 1 unspecified atom stereocenters. The average molecular weight is 391 g/mol. The molecule has 29 heavy (non-hydrogen) atoms. The zero-order valence-corrected chi connectivity index (χ0v) is 16.2. The first-order valence-electron chi connectivity index (χ1n) is 9.96. The Kier molecular flexibility index (Phi) is 6.03. The highest BCUT2D eigenvalue weighted by atomic mass is 16.5. The average Bonchev–Trinajstić information content (AvgIpc) is 3.24. The summed E-state index contributed by atoms with van der Waals surface area (Å²) in [5, 5.41) is 16.9. The van der Waals surface area contributed by atoms with E-state index in [1.54, 1.807) is 0 Å². The molecule has 0 spiro atoms. The second-order valence-corrected chi connectivity index (χ2v) is 7.34. The number of nitrogens with one attached hydrogen (secondary N) is 1. The number of aliphatic hydroxyl groups is 1. The maximum absolute atomic E-state index is 13.1. The second kappa shape index (κ2) is 9.03. The molecule has 1 aliphatic rings. The van der Waals surface area contributed by atoms with Crippen molar-refractivity contribution in [3.05, 3.63) is 78.1 Å². The van der Waals surface area contributed by atoms with Crippen LogP contribution in [0.1, 0.15) is 30.2 Å². The first kappa shape index (κ1) is 19.4. The molecule has 6 heteroatoms. The van der Waals surface area contributed by atoms with Gasteiger partial charge >= 0.3 is 0 Å². The number of likely N-dealkylation sites (tertiary alicyclic amines) is 1. The first-order chi connectivity index (χ1) is 14.2. The van der Waals surface area contributed by atoms with Gasteiger partial charge in [0.05, 0.1) is 12.6 Å². The van der Waals surface area contributed by atoms with Crippen molar-refractivity contribution in [2.75, 3.05) is 13.1 Å². The van der Waals surface area contributed by atoms with E-state index in [-0.39, 0.29) is 24.6 Å². The summed E-state index contributed by atoms with van der Waals surface area (Å²) in [7, 11) is 0. The lowest BCUT2D eigenvalue weighted by Gasteiger charge is -2.35. The molecule has 0 bridgehead atoms. The second-order valence-electron chi connectivity index (χ2n) is 7.34. The zero-order valence-electron chi connectivity index (χ0n) is 16.2. The molecule has 0 saturated carbocycles. The summed E-state index contributed by atoms with van der Waals surface area (Å²) in [4.78, 5) is 15.2. The van der Waals surface area contributed by atoms with Crippen LogP contribution in [-0.2, 0) is 11.3 Å². The fraction of sp³-hybridized carbons (Fsp3) is 0.304. The number of amides is 1. The largest absolute Gasteiger partial charge is 0.393 e. The molecule has 1 fully saturated rings. The van der Waals surface area contributed by atoms with E-state index < -0.39 is 0 Å². The van der Waals surface area contributed by atoms with Crippen LogP contribution in [0.25, 0.3) is 11.3 Å². The molecule has 0 radical (unpaired) electrons. The standard InChI is InChI=1S/C23H25N3O3/c27-19-11-13-26(14-12-19)22(18-9-5-2-6-10-18)23(28)24-16-20-15-21(25-29-20)17-7-3-1-4-8-17/h1-10,15,19,22,27H,11-14,16H2,(H,24,28). The van der Waals surface area contributed by atoms with E-state index >= 15 is 0 Å². The molecule has 2 aromatic carbocycles. The Morgan fingerprint density at radius 2 is 1.76 bits per heavy atom. The van der Waals surface area contributed by atoms with Crippen molar-refractivity contribution in [1.29, 1.82) is 0 Å². The number of hydrogen-bond donors (Lipinski definition) is 2. The Balaban J connectivity index is 1.45. The summed E-state index contributed by atoms with van der Waals surface area (Å²) < 4.78 is 5.40. The minimum Gasteiger partial charge on any atom is -0.393 e. The van der Waals surface area contributed by atoms with Crippen LogP contribution < -0.4 is 5.32 Å². The fourth-order valence-corrected chi connectivity index (χ4v) is 3.72. The van der Waals surface area contributed by atoms with Crippen LogP contribution in [0.4, 0.5) is 0 Å². The van der Waals surface area contributed by atoms with Gasteiger partial charge in [-0.3, -0.25) is 9.69 Å². The van der Waals surface area contributed by atoms with Gasteiger partial charge in [-0.25, -0.2) is 0 Å². The third-order valence-corrected chi connectivity index (χ3v) is 5.29. The molecule has 1 atom stereocenters. The number of carbonyl (C=O) groups is 1. The normalized spacial score (nSPS) is 16.4. The van der Waals surface area contributed by atoms with Crippen LogP contribution in [0.5, 0.6) is 0 Å². The Morgan fingerprint density at radius 1 is 1.10 bits per heavy atom. The minimum atomic E-state index is -0.389. The Morgan fingerprint density at radius 3 is 2.45 bits per heavy atom. The quantitative estimate of drug-likeness (QED) is 0.675. The SMILES string of the molecule is O=C(NCc1cc(-c2ccccc2)no1)C(c1ccccc1)N1CCC(O)CC1. The lowest BCUT2D eigenvalue weighted by Crippen LogP contribution is -2.45. The third-order valence-electron chi connectivity index (χ3n) is 5.29. The van der Waals surface area contributed by atoms with Crippen molar-refractivity contribution in [3.63, 3.8) is 0 Å². The van der Waals surface area contributed by atoms with Crippen LogP contribution >= 0.6 is 0 Å². The lowest BCUT2D eigenvalue weighted by atomic mass is 10.00. The number of rotatable bonds is 6. The monoisotopic (exact) mass is 391 g/mol. The molecule has 2 heterocycles. The molecule has 150 valence electrons. The molecule has 1 aliphatic heterocycles. The Hall–Kier alpha value is -2.96. The molecule has 0 aliphatic carbocycles. The predicted molar refractivity (Wildman–Crippen MR) is 110 cm³/mol. The van der Waals surface area contributed by atoms with Crippen molar-refractivity contribution in [2.24, 2.45) is 0 Å². The summed E-state index contributed by atoms with van der Waals surface area (Å²) in [5.41, 5.74) is 2.67. The van der Waals surface area contributed by atoms with E-state index in [4.69, 9.17) is 4.52 Å². The summed E-state index contributed by atoms with van der Waals surface area (Å²) in [6.45, 7) is 1.65. The van der Waals surface area contributed by atoms with Gasteiger partial charge in [0.2, 0.25) is 5.91 Å². The molecule has 3 aromatic rings. The number of carbonyl (C=O) groups excluding carboxylic acids is 1. The topological polar surface area (TPSA) is 78.6 Å². The van der Waals surface area contributed by atoms with Crippen LogP contribution in [0.15, 0.2) is 71.3 Å². The molecule has 6 nitrogen and oxygen atoms in total. The Labute approximate surface area is 170 Å². The summed E-state index contributed by atoms with van der Waals surface area (Å²) in [5.74, 6) is 0.531. The lowest BCUT2D eigenvalue weighted by molar-refractivity contribution is -0.128.